The zero-order chi connectivity index (χ0) is 24.0. The molecule has 0 heterocycles. The molecule has 0 aliphatic carbocycles. The van der Waals surface area contributed by atoms with Crippen LogP contribution in [0.5, 0.6) is 0 Å². The Morgan fingerprint density at radius 1 is 0.562 bits per heavy atom. The number of hydrogen-bond donors (Lipinski definition) is 0. The molecule has 0 atom stereocenters. The maximum Gasteiger partial charge on any atom is 0.0981 e. The van der Waals surface area contributed by atoms with E-state index in [-0.39, 0.29) is 0 Å². The molecule has 32 heavy (non-hydrogen) atoms. The van der Waals surface area contributed by atoms with E-state index in [9.17, 15) is 0 Å². The van der Waals surface area contributed by atoms with E-state index in [0.29, 0.717) is 0 Å². The van der Waals surface area contributed by atoms with Crippen LogP contribution in [-0.2, 0) is 0 Å². The summed E-state index contributed by atoms with van der Waals surface area (Å²) < 4.78 is 0. The van der Waals surface area contributed by atoms with E-state index in [1.165, 1.54) is 21.5 Å². The van der Waals surface area contributed by atoms with Crippen molar-refractivity contribution in [2.24, 2.45) is 0 Å². The molecular formula is C30H42Si2. The van der Waals surface area contributed by atoms with Gasteiger partial charge in [-0.25, -0.2) is 0 Å². The van der Waals surface area contributed by atoms with Gasteiger partial charge in [0.1, 0.15) is 0 Å². The van der Waals surface area contributed by atoms with E-state index < -0.39 is 16.1 Å². The molecule has 0 aliphatic heterocycles. The second-order valence-corrected chi connectivity index (χ2v) is 17.1. The van der Waals surface area contributed by atoms with Gasteiger partial charge in [0.25, 0.3) is 0 Å². The van der Waals surface area contributed by atoms with Crippen molar-refractivity contribution in [1.82, 2.24) is 0 Å². The Balaban J connectivity index is 3.90. The molecule has 0 saturated heterocycles. The van der Waals surface area contributed by atoms with Crippen molar-refractivity contribution in [2.75, 3.05) is 0 Å². The third-order valence-corrected chi connectivity index (χ3v) is 16.3. The van der Waals surface area contributed by atoms with E-state index in [2.05, 4.69) is 126 Å². The third kappa shape index (κ3) is 6.08. The van der Waals surface area contributed by atoms with Crippen LogP contribution in [0.3, 0.4) is 0 Å². The Labute approximate surface area is 199 Å². The number of hydrogen-bond acceptors (Lipinski definition) is 0. The van der Waals surface area contributed by atoms with Crippen LogP contribution in [-0.4, -0.2) is 16.1 Å². The molecule has 0 bridgehead atoms. The number of rotatable bonds is 16. The van der Waals surface area contributed by atoms with E-state index in [1.807, 2.05) is 0 Å². The Morgan fingerprint density at radius 3 is 1.00 bits per heavy atom. The summed E-state index contributed by atoms with van der Waals surface area (Å²) >= 11 is 0. The average molecular weight is 459 g/mol. The Kier molecular flexibility index (Phi) is 12.0. The fraction of sp³-hybridized carbons (Fsp3) is 0.267. The topological polar surface area (TPSA) is 0 Å². The first kappa shape index (κ1) is 27.6. The van der Waals surface area contributed by atoms with Crippen LogP contribution in [0.15, 0.2) is 112 Å². The van der Waals surface area contributed by atoms with Crippen LogP contribution in [0.2, 0.25) is 36.3 Å². The normalized spacial score (nSPS) is 12.7. The maximum absolute atomic E-state index is 4.11. The first-order valence-corrected chi connectivity index (χ1v) is 16.8. The van der Waals surface area contributed by atoms with Gasteiger partial charge >= 0.3 is 0 Å². The van der Waals surface area contributed by atoms with Gasteiger partial charge in [-0.3, -0.25) is 0 Å². The first-order valence-electron chi connectivity index (χ1n) is 11.6. The minimum Gasteiger partial charge on any atom is -0.103 e. The first-order chi connectivity index (χ1) is 15.5. The Hall–Kier alpha value is -2.43. The van der Waals surface area contributed by atoms with Crippen molar-refractivity contribution in [2.45, 2.75) is 50.1 Å². The quantitative estimate of drug-likeness (QED) is 0.171. The van der Waals surface area contributed by atoms with Gasteiger partial charge < -0.3 is 0 Å². The third-order valence-electron chi connectivity index (χ3n) is 6.44. The lowest BCUT2D eigenvalue weighted by molar-refractivity contribution is 1.36. The summed E-state index contributed by atoms with van der Waals surface area (Å²) in [7, 11) is -3.87. The SMILES string of the molecule is C=CC[Si](CC=C)(CC=C)C(=CC)c1ccccc1C(=CC)[Si](CC=C)(CC=C)CC=C. The lowest BCUT2D eigenvalue weighted by Gasteiger charge is -2.37. The minimum absolute atomic E-state index is 1.01. The van der Waals surface area contributed by atoms with Crippen molar-refractivity contribution in [1.29, 1.82) is 0 Å². The van der Waals surface area contributed by atoms with Crippen LogP contribution < -0.4 is 0 Å². The van der Waals surface area contributed by atoms with E-state index in [4.69, 9.17) is 0 Å². The molecule has 0 aliphatic rings. The predicted molar refractivity (Wildman–Crippen MR) is 155 cm³/mol. The Morgan fingerprint density at radius 2 is 0.812 bits per heavy atom. The van der Waals surface area contributed by atoms with E-state index in [1.54, 1.807) is 0 Å². The standard InChI is InChI=1S/C30H42Si2/c1-9-21-31(22-10-2,23-11-3)29(15-7)27-19-17-18-20-28(27)30(16-8)32(24-12-4,25-13-5)26-14-6/h9-20H,1-6,21-26H2,7-8H3. The monoisotopic (exact) mass is 458 g/mol. The lowest BCUT2D eigenvalue weighted by Crippen LogP contribution is -2.37. The maximum atomic E-state index is 4.11. The molecule has 170 valence electrons. The molecule has 0 spiro atoms. The summed E-state index contributed by atoms with van der Waals surface area (Å²) in [6.07, 6.45) is 17.2. The second kappa shape index (κ2) is 13.9. The minimum atomic E-state index is -1.94. The van der Waals surface area contributed by atoms with Crippen LogP contribution in [0.1, 0.15) is 25.0 Å². The summed E-state index contributed by atoms with van der Waals surface area (Å²) in [5.41, 5.74) is 2.71. The molecule has 0 unspecified atom stereocenters. The highest BCUT2D eigenvalue weighted by molar-refractivity contribution is 6.99. The van der Waals surface area contributed by atoms with Crippen molar-refractivity contribution in [3.8, 4) is 0 Å². The second-order valence-electron chi connectivity index (χ2n) is 8.47. The molecule has 0 saturated carbocycles. The zero-order valence-electron chi connectivity index (χ0n) is 20.4. The van der Waals surface area contributed by atoms with Crippen LogP contribution >= 0.6 is 0 Å². The van der Waals surface area contributed by atoms with Gasteiger partial charge in [0.05, 0.1) is 16.1 Å². The van der Waals surface area contributed by atoms with Gasteiger partial charge in [-0.05, 0) is 61.2 Å². The molecule has 0 N–H and O–H groups in total. The van der Waals surface area contributed by atoms with Gasteiger partial charge in [-0.15, -0.1) is 39.5 Å². The molecule has 0 amide bonds. The molecule has 0 nitrogen and oxygen atoms in total. The predicted octanol–water partition coefficient (Wildman–Crippen LogP) is 9.59. The van der Waals surface area contributed by atoms with Gasteiger partial charge in [0.15, 0.2) is 0 Å². The van der Waals surface area contributed by atoms with Crippen molar-refractivity contribution in [3.05, 3.63) is 123 Å². The number of benzene rings is 1. The fourth-order valence-corrected chi connectivity index (χ4v) is 13.7. The smallest absolute Gasteiger partial charge is 0.0981 e. The molecule has 1 aromatic rings. The highest BCUT2D eigenvalue weighted by Gasteiger charge is 2.38. The molecule has 0 fully saturated rings. The van der Waals surface area contributed by atoms with Crippen LogP contribution in [0.4, 0.5) is 0 Å². The summed E-state index contributed by atoms with van der Waals surface area (Å²) in [5.74, 6) is 0. The van der Waals surface area contributed by atoms with Gasteiger partial charge in [0, 0.05) is 0 Å². The molecule has 0 radical (unpaired) electrons. The highest BCUT2D eigenvalue weighted by Crippen LogP contribution is 2.43. The van der Waals surface area contributed by atoms with Gasteiger partial charge in [-0.2, -0.15) is 0 Å². The average Bonchev–Trinajstić information content (AvgIpc) is 2.77. The summed E-state index contributed by atoms with van der Waals surface area (Å²) in [6.45, 7) is 29.0. The summed E-state index contributed by atoms with van der Waals surface area (Å²) in [4.78, 5) is 0. The lowest BCUT2D eigenvalue weighted by atomic mass is 10.1. The fourth-order valence-electron chi connectivity index (χ4n) is 5.27. The van der Waals surface area contributed by atoms with Crippen molar-refractivity contribution < 1.29 is 0 Å². The Bertz CT molecular complexity index is 756. The molecule has 2 heteroatoms. The zero-order valence-corrected chi connectivity index (χ0v) is 22.4. The van der Waals surface area contributed by atoms with Gasteiger partial charge in [0.2, 0.25) is 0 Å². The number of allylic oxidation sites excluding steroid dienone is 8. The van der Waals surface area contributed by atoms with Gasteiger partial charge in [-0.1, -0.05) is 83.3 Å². The molecule has 1 aromatic carbocycles. The summed E-state index contributed by atoms with van der Waals surface area (Å²) in [6, 6.07) is 15.0. The molecular weight excluding hydrogens is 417 g/mol. The van der Waals surface area contributed by atoms with Crippen LogP contribution in [0.25, 0.3) is 10.4 Å². The van der Waals surface area contributed by atoms with Crippen molar-refractivity contribution in [3.63, 3.8) is 0 Å². The molecule has 0 aromatic heterocycles. The largest absolute Gasteiger partial charge is 0.103 e. The van der Waals surface area contributed by atoms with E-state index >= 15 is 0 Å². The highest BCUT2D eigenvalue weighted by atomic mass is 28.3. The van der Waals surface area contributed by atoms with Crippen molar-refractivity contribution >= 4 is 26.5 Å². The summed E-state index contributed by atoms with van der Waals surface area (Å²) in [5, 5.41) is 2.96. The molecule has 1 rings (SSSR count). The van der Waals surface area contributed by atoms with E-state index in [0.717, 1.165) is 36.3 Å². The van der Waals surface area contributed by atoms with Crippen LogP contribution in [0, 0.1) is 0 Å².